The number of nitrogens with one attached hydrogen (secondary N) is 1. The van der Waals surface area contributed by atoms with Crippen molar-refractivity contribution >= 4 is 34.3 Å². The molecule has 1 aliphatic heterocycles. The van der Waals surface area contributed by atoms with Gasteiger partial charge in [-0.25, -0.2) is 0 Å². The number of carbonyl (C=O) groups excluding carboxylic acids is 1. The second-order valence-corrected chi connectivity index (χ2v) is 7.98. The maximum Gasteiger partial charge on any atom is 0.254 e. The van der Waals surface area contributed by atoms with Crippen molar-refractivity contribution in [2.75, 3.05) is 11.9 Å². The lowest BCUT2D eigenvalue weighted by Gasteiger charge is -2.08. The standard InChI is InChI=1S/C22H23ClN4O3/c1-3-14(11-24)19-10-15-8-17(23)9-16(21(15)30-19)12-27-13(2)7-20(26-27)25-22(28)18-5-4-6-29-18/h7-10,14,18H,3-6,12H2,1-2H3,(H,25,26,28)/t14-,18?/m1/s1. The Labute approximate surface area is 179 Å². The van der Waals surface area contributed by atoms with E-state index in [9.17, 15) is 10.1 Å². The third kappa shape index (κ3) is 4.07. The van der Waals surface area contributed by atoms with Crippen molar-refractivity contribution in [3.05, 3.63) is 46.3 Å². The van der Waals surface area contributed by atoms with E-state index in [-0.39, 0.29) is 11.8 Å². The number of furan rings is 1. The van der Waals surface area contributed by atoms with Gasteiger partial charge in [0.1, 0.15) is 23.4 Å². The Hall–Kier alpha value is -2.82. The third-order valence-electron chi connectivity index (χ3n) is 5.36. The van der Waals surface area contributed by atoms with Crippen LogP contribution in [0, 0.1) is 18.3 Å². The van der Waals surface area contributed by atoms with Crippen molar-refractivity contribution in [2.45, 2.75) is 51.7 Å². The predicted octanol–water partition coefficient (Wildman–Crippen LogP) is 4.77. The lowest BCUT2D eigenvalue weighted by molar-refractivity contribution is -0.124. The number of fused-ring (bicyclic) bond motifs is 1. The molecular formula is C22H23ClN4O3. The summed E-state index contributed by atoms with van der Waals surface area (Å²) in [5.41, 5.74) is 2.45. The molecule has 0 bridgehead atoms. The Balaban J connectivity index is 1.60. The number of anilines is 1. The molecule has 7 nitrogen and oxygen atoms in total. The number of hydrogen-bond acceptors (Lipinski definition) is 5. The monoisotopic (exact) mass is 426 g/mol. The molecule has 2 atom stereocenters. The summed E-state index contributed by atoms with van der Waals surface area (Å²) >= 11 is 6.33. The van der Waals surface area contributed by atoms with E-state index in [2.05, 4.69) is 16.5 Å². The number of aryl methyl sites for hydroxylation is 1. The summed E-state index contributed by atoms with van der Waals surface area (Å²) < 4.78 is 13.3. The summed E-state index contributed by atoms with van der Waals surface area (Å²) in [6, 6.07) is 9.65. The summed E-state index contributed by atoms with van der Waals surface area (Å²) in [6.45, 7) is 4.92. The van der Waals surface area contributed by atoms with Crippen LogP contribution in [0.15, 0.2) is 28.7 Å². The predicted molar refractivity (Wildman–Crippen MR) is 114 cm³/mol. The molecule has 1 N–H and O–H groups in total. The van der Waals surface area contributed by atoms with Gasteiger partial charge in [-0.1, -0.05) is 18.5 Å². The van der Waals surface area contributed by atoms with Gasteiger partial charge in [-0.15, -0.1) is 0 Å². The summed E-state index contributed by atoms with van der Waals surface area (Å²) in [5.74, 6) is 0.664. The smallest absolute Gasteiger partial charge is 0.254 e. The van der Waals surface area contributed by atoms with Crippen molar-refractivity contribution in [3.63, 3.8) is 0 Å². The second-order valence-electron chi connectivity index (χ2n) is 7.54. The highest BCUT2D eigenvalue weighted by atomic mass is 35.5. The van der Waals surface area contributed by atoms with Crippen LogP contribution < -0.4 is 5.32 Å². The van der Waals surface area contributed by atoms with E-state index < -0.39 is 6.10 Å². The quantitative estimate of drug-likeness (QED) is 0.612. The SMILES string of the molecule is CC[C@H](C#N)c1cc2cc(Cl)cc(Cn3nc(NC(=O)C4CCCO4)cc3C)c2o1. The van der Waals surface area contributed by atoms with Gasteiger partial charge in [0.25, 0.3) is 5.91 Å². The first-order valence-electron chi connectivity index (χ1n) is 10.1. The number of amides is 1. The van der Waals surface area contributed by atoms with Crippen LogP contribution in [0.4, 0.5) is 5.82 Å². The second kappa shape index (κ2) is 8.50. The number of carbonyl (C=O) groups is 1. The lowest BCUT2D eigenvalue weighted by atomic mass is 10.1. The van der Waals surface area contributed by atoms with Crippen molar-refractivity contribution in [2.24, 2.45) is 0 Å². The molecule has 1 saturated heterocycles. The van der Waals surface area contributed by atoms with Crippen LogP contribution >= 0.6 is 11.6 Å². The van der Waals surface area contributed by atoms with E-state index in [4.69, 9.17) is 20.8 Å². The van der Waals surface area contributed by atoms with Gasteiger partial charge in [0.05, 0.1) is 12.6 Å². The molecule has 156 valence electrons. The fourth-order valence-electron chi connectivity index (χ4n) is 3.73. The zero-order valence-corrected chi connectivity index (χ0v) is 17.7. The average molecular weight is 427 g/mol. The number of nitriles is 1. The Bertz CT molecular complexity index is 1120. The Kier molecular flexibility index (Phi) is 5.80. The third-order valence-corrected chi connectivity index (χ3v) is 5.58. The van der Waals surface area contributed by atoms with Crippen LogP contribution in [0.25, 0.3) is 11.0 Å². The largest absolute Gasteiger partial charge is 0.459 e. The molecule has 1 fully saturated rings. The molecule has 30 heavy (non-hydrogen) atoms. The minimum atomic E-state index is -0.406. The average Bonchev–Trinajstić information content (AvgIpc) is 3.44. The number of ether oxygens (including phenoxy) is 1. The highest BCUT2D eigenvalue weighted by Crippen LogP contribution is 2.32. The van der Waals surface area contributed by atoms with E-state index >= 15 is 0 Å². The number of rotatable bonds is 6. The number of benzene rings is 1. The molecule has 1 aliphatic rings. The molecule has 3 heterocycles. The fraction of sp³-hybridized carbons (Fsp3) is 0.409. The zero-order chi connectivity index (χ0) is 21.3. The van der Waals surface area contributed by atoms with Gasteiger partial charge in [0, 0.05) is 34.3 Å². The Morgan fingerprint density at radius 3 is 2.97 bits per heavy atom. The molecule has 0 radical (unpaired) electrons. The summed E-state index contributed by atoms with van der Waals surface area (Å²) in [6.07, 6.45) is 1.89. The molecule has 0 aliphatic carbocycles. The Morgan fingerprint density at radius 1 is 1.43 bits per heavy atom. The first kappa shape index (κ1) is 20.5. The molecule has 2 aromatic heterocycles. The van der Waals surface area contributed by atoms with Crippen LogP contribution in [0.2, 0.25) is 5.02 Å². The van der Waals surface area contributed by atoms with E-state index in [1.807, 2.05) is 38.1 Å². The minimum absolute atomic E-state index is 0.167. The first-order valence-corrected chi connectivity index (χ1v) is 10.4. The van der Waals surface area contributed by atoms with Crippen LogP contribution in [0.5, 0.6) is 0 Å². The van der Waals surface area contributed by atoms with Crippen LogP contribution in [-0.4, -0.2) is 28.4 Å². The molecule has 3 aromatic rings. The summed E-state index contributed by atoms with van der Waals surface area (Å²) in [5, 5.41) is 18.2. The van der Waals surface area contributed by atoms with Gasteiger partial charge in [-0.05, 0) is 44.4 Å². The molecule has 1 amide bonds. The number of halogens is 1. The van der Waals surface area contributed by atoms with Crippen molar-refractivity contribution in [1.29, 1.82) is 5.26 Å². The zero-order valence-electron chi connectivity index (χ0n) is 16.9. The molecule has 1 aromatic carbocycles. The van der Waals surface area contributed by atoms with E-state index in [1.165, 1.54) is 0 Å². The molecule has 8 heteroatoms. The number of aromatic nitrogens is 2. The van der Waals surface area contributed by atoms with Crippen molar-refractivity contribution in [1.82, 2.24) is 9.78 Å². The summed E-state index contributed by atoms with van der Waals surface area (Å²) in [7, 11) is 0. The van der Waals surface area contributed by atoms with Crippen molar-refractivity contribution < 1.29 is 13.9 Å². The van der Waals surface area contributed by atoms with Gasteiger partial charge in [-0.2, -0.15) is 10.4 Å². The topological polar surface area (TPSA) is 93.1 Å². The van der Waals surface area contributed by atoms with E-state index in [0.717, 1.165) is 29.5 Å². The van der Waals surface area contributed by atoms with Gasteiger partial charge in [0.2, 0.25) is 0 Å². The lowest BCUT2D eigenvalue weighted by Crippen LogP contribution is -2.27. The maximum absolute atomic E-state index is 12.3. The molecule has 0 saturated carbocycles. The highest BCUT2D eigenvalue weighted by Gasteiger charge is 2.24. The Morgan fingerprint density at radius 2 is 2.27 bits per heavy atom. The van der Waals surface area contributed by atoms with Gasteiger partial charge < -0.3 is 14.5 Å². The van der Waals surface area contributed by atoms with Gasteiger partial charge in [0.15, 0.2) is 5.82 Å². The van der Waals surface area contributed by atoms with Crippen LogP contribution in [0.3, 0.4) is 0 Å². The normalized spacial score (nSPS) is 17.2. The molecule has 0 spiro atoms. The maximum atomic E-state index is 12.3. The summed E-state index contributed by atoms with van der Waals surface area (Å²) in [4.78, 5) is 12.3. The first-order chi connectivity index (χ1) is 14.5. The fourth-order valence-corrected chi connectivity index (χ4v) is 3.98. The molecule has 4 rings (SSSR count). The minimum Gasteiger partial charge on any atom is -0.459 e. The van der Waals surface area contributed by atoms with Crippen LogP contribution in [0.1, 0.15) is 49.1 Å². The number of nitrogens with zero attached hydrogens (tertiary/aromatic N) is 3. The molecular weight excluding hydrogens is 404 g/mol. The van der Waals surface area contributed by atoms with E-state index in [1.54, 1.807) is 4.68 Å². The van der Waals surface area contributed by atoms with Crippen LogP contribution in [-0.2, 0) is 16.1 Å². The van der Waals surface area contributed by atoms with Crippen molar-refractivity contribution in [3.8, 4) is 6.07 Å². The highest BCUT2D eigenvalue weighted by molar-refractivity contribution is 6.31. The van der Waals surface area contributed by atoms with E-state index in [0.29, 0.717) is 41.8 Å². The van der Waals surface area contributed by atoms with Gasteiger partial charge in [-0.3, -0.25) is 9.48 Å². The molecule has 1 unspecified atom stereocenters. The number of hydrogen-bond donors (Lipinski definition) is 1. The van der Waals surface area contributed by atoms with Gasteiger partial charge >= 0.3 is 0 Å².